The van der Waals surface area contributed by atoms with Gasteiger partial charge in [-0.05, 0) is 67.0 Å². The SMILES string of the molecule is CC1CC(n2c(Nc3ccc(OC(F)(F)F)cc3)nc3c(F)cccc32)CC(C)(C)C1. The first kappa shape index (κ1) is 21.5. The molecule has 31 heavy (non-hydrogen) atoms. The number of anilines is 2. The number of para-hydroxylation sites is 1. The van der Waals surface area contributed by atoms with E-state index in [-0.39, 0.29) is 22.7 Å². The van der Waals surface area contributed by atoms with Crippen molar-refractivity contribution < 1.29 is 22.3 Å². The molecule has 166 valence electrons. The molecule has 0 saturated heterocycles. The second kappa shape index (κ2) is 7.73. The Morgan fingerprint density at radius 2 is 1.81 bits per heavy atom. The summed E-state index contributed by atoms with van der Waals surface area (Å²) in [6.07, 6.45) is -1.76. The minimum atomic E-state index is -4.75. The third-order valence-corrected chi connectivity index (χ3v) is 5.74. The van der Waals surface area contributed by atoms with Crippen LogP contribution in [0.1, 0.15) is 46.1 Å². The van der Waals surface area contributed by atoms with Crippen LogP contribution in [0.3, 0.4) is 0 Å². The second-order valence-corrected chi connectivity index (χ2v) is 9.18. The average Bonchev–Trinajstić information content (AvgIpc) is 3.00. The zero-order valence-electron chi connectivity index (χ0n) is 17.6. The van der Waals surface area contributed by atoms with Gasteiger partial charge in [0.05, 0.1) is 5.52 Å². The van der Waals surface area contributed by atoms with Crippen LogP contribution in [-0.4, -0.2) is 15.9 Å². The van der Waals surface area contributed by atoms with Crippen LogP contribution in [0.5, 0.6) is 5.75 Å². The number of rotatable bonds is 4. The van der Waals surface area contributed by atoms with E-state index in [1.54, 1.807) is 6.07 Å². The predicted molar refractivity (Wildman–Crippen MR) is 112 cm³/mol. The minimum Gasteiger partial charge on any atom is -0.406 e. The van der Waals surface area contributed by atoms with Gasteiger partial charge >= 0.3 is 6.36 Å². The number of alkyl halides is 3. The van der Waals surface area contributed by atoms with E-state index in [1.165, 1.54) is 30.3 Å². The smallest absolute Gasteiger partial charge is 0.406 e. The first-order valence-electron chi connectivity index (χ1n) is 10.3. The molecule has 1 aromatic heterocycles. The molecule has 0 spiro atoms. The van der Waals surface area contributed by atoms with E-state index >= 15 is 0 Å². The second-order valence-electron chi connectivity index (χ2n) is 9.18. The molecule has 1 aliphatic carbocycles. The standard InChI is InChI=1S/C23H25F4N3O/c1-14-11-16(13-22(2,3)12-14)30-19-6-4-5-18(24)20(19)29-21(30)28-15-7-9-17(10-8-15)31-23(25,26)27/h4-10,14,16H,11-13H2,1-3H3,(H,28,29). The molecule has 8 heteroatoms. The van der Waals surface area contributed by atoms with Gasteiger partial charge in [-0.15, -0.1) is 13.2 Å². The van der Waals surface area contributed by atoms with Gasteiger partial charge in [0.15, 0.2) is 5.82 Å². The van der Waals surface area contributed by atoms with Gasteiger partial charge in [-0.2, -0.15) is 0 Å². The maximum absolute atomic E-state index is 14.5. The third-order valence-electron chi connectivity index (χ3n) is 5.74. The molecular formula is C23H25F4N3O. The normalized spacial score (nSPS) is 21.3. The Hall–Kier alpha value is -2.77. The van der Waals surface area contributed by atoms with E-state index in [1.807, 2.05) is 10.6 Å². The quantitative estimate of drug-likeness (QED) is 0.440. The van der Waals surface area contributed by atoms with Crippen LogP contribution in [0.2, 0.25) is 0 Å². The van der Waals surface area contributed by atoms with Crippen LogP contribution >= 0.6 is 0 Å². The number of benzene rings is 2. The highest BCUT2D eigenvalue weighted by Crippen LogP contribution is 2.46. The van der Waals surface area contributed by atoms with Gasteiger partial charge in [0.1, 0.15) is 11.3 Å². The minimum absolute atomic E-state index is 0.126. The molecule has 4 rings (SSSR count). The molecule has 1 heterocycles. The largest absolute Gasteiger partial charge is 0.573 e. The molecule has 0 radical (unpaired) electrons. The summed E-state index contributed by atoms with van der Waals surface area (Å²) in [5, 5.41) is 3.17. The lowest BCUT2D eigenvalue weighted by Crippen LogP contribution is -2.29. The molecule has 2 atom stereocenters. The van der Waals surface area contributed by atoms with Gasteiger partial charge in [0, 0.05) is 11.7 Å². The Labute approximate surface area is 178 Å². The molecular weight excluding hydrogens is 410 g/mol. The third kappa shape index (κ3) is 4.78. The monoisotopic (exact) mass is 435 g/mol. The van der Waals surface area contributed by atoms with E-state index < -0.39 is 12.2 Å². The zero-order chi connectivity index (χ0) is 22.4. The van der Waals surface area contributed by atoms with Crippen molar-refractivity contribution in [2.45, 2.75) is 52.4 Å². The molecule has 1 aliphatic rings. The molecule has 0 aliphatic heterocycles. The lowest BCUT2D eigenvalue weighted by molar-refractivity contribution is -0.274. The summed E-state index contributed by atoms with van der Waals surface area (Å²) in [4.78, 5) is 4.50. The Bertz CT molecular complexity index is 1070. The maximum atomic E-state index is 14.5. The van der Waals surface area contributed by atoms with E-state index in [0.29, 0.717) is 23.1 Å². The number of hydrogen-bond acceptors (Lipinski definition) is 3. The highest BCUT2D eigenvalue weighted by molar-refractivity contribution is 5.80. The first-order chi connectivity index (χ1) is 14.5. The number of aromatic nitrogens is 2. The van der Waals surface area contributed by atoms with Gasteiger partial charge < -0.3 is 14.6 Å². The fourth-order valence-corrected chi connectivity index (χ4v) is 4.90. The molecule has 1 fully saturated rings. The summed E-state index contributed by atoms with van der Waals surface area (Å²) < 4.78 is 57.7. The summed E-state index contributed by atoms with van der Waals surface area (Å²) in [5.41, 5.74) is 1.65. The number of nitrogens with zero attached hydrogens (tertiary/aromatic N) is 2. The Balaban J connectivity index is 1.71. The molecule has 2 aromatic carbocycles. The van der Waals surface area contributed by atoms with Gasteiger partial charge in [0.25, 0.3) is 0 Å². The summed E-state index contributed by atoms with van der Waals surface area (Å²) in [6.45, 7) is 6.70. The predicted octanol–water partition coefficient (Wildman–Crippen LogP) is 7.20. The number of ether oxygens (including phenoxy) is 1. The van der Waals surface area contributed by atoms with Crippen molar-refractivity contribution in [1.82, 2.24) is 9.55 Å². The lowest BCUT2D eigenvalue weighted by Gasteiger charge is -2.40. The average molecular weight is 435 g/mol. The van der Waals surface area contributed by atoms with Crippen LogP contribution in [0, 0.1) is 17.2 Å². The van der Waals surface area contributed by atoms with Crippen molar-refractivity contribution in [2.75, 3.05) is 5.32 Å². The van der Waals surface area contributed by atoms with Gasteiger partial charge in [-0.25, -0.2) is 9.37 Å². The summed E-state index contributed by atoms with van der Waals surface area (Å²) in [5.74, 6) is 0.266. The summed E-state index contributed by atoms with van der Waals surface area (Å²) >= 11 is 0. The van der Waals surface area contributed by atoms with E-state index in [4.69, 9.17) is 0 Å². The lowest BCUT2D eigenvalue weighted by atomic mass is 9.70. The molecule has 1 saturated carbocycles. The van der Waals surface area contributed by atoms with Crippen molar-refractivity contribution in [2.24, 2.45) is 11.3 Å². The first-order valence-corrected chi connectivity index (χ1v) is 10.3. The zero-order valence-corrected chi connectivity index (χ0v) is 17.6. The number of imidazole rings is 1. The van der Waals surface area contributed by atoms with Crippen molar-refractivity contribution in [3.8, 4) is 5.75 Å². The number of nitrogens with one attached hydrogen (secondary N) is 1. The van der Waals surface area contributed by atoms with E-state index in [9.17, 15) is 17.6 Å². The summed E-state index contributed by atoms with van der Waals surface area (Å²) in [6, 6.07) is 10.4. The molecule has 0 amide bonds. The topological polar surface area (TPSA) is 39.1 Å². The Kier molecular flexibility index (Phi) is 5.35. The van der Waals surface area contributed by atoms with Crippen LogP contribution in [0.15, 0.2) is 42.5 Å². The van der Waals surface area contributed by atoms with E-state index in [0.717, 1.165) is 19.3 Å². The van der Waals surface area contributed by atoms with E-state index in [2.05, 4.69) is 35.8 Å². The molecule has 1 N–H and O–H groups in total. The van der Waals surface area contributed by atoms with Crippen molar-refractivity contribution in [3.63, 3.8) is 0 Å². The number of halogens is 4. The maximum Gasteiger partial charge on any atom is 0.573 e. The van der Waals surface area contributed by atoms with Crippen LogP contribution in [0.4, 0.5) is 29.2 Å². The van der Waals surface area contributed by atoms with Crippen LogP contribution in [-0.2, 0) is 0 Å². The summed E-state index contributed by atoms with van der Waals surface area (Å²) in [7, 11) is 0. The molecule has 2 unspecified atom stereocenters. The Morgan fingerprint density at radius 3 is 2.45 bits per heavy atom. The van der Waals surface area contributed by atoms with Crippen molar-refractivity contribution in [1.29, 1.82) is 0 Å². The fourth-order valence-electron chi connectivity index (χ4n) is 4.90. The van der Waals surface area contributed by atoms with Gasteiger partial charge in [-0.1, -0.05) is 26.8 Å². The highest BCUT2D eigenvalue weighted by atomic mass is 19.4. The highest BCUT2D eigenvalue weighted by Gasteiger charge is 2.35. The fraction of sp³-hybridized carbons (Fsp3) is 0.435. The van der Waals surface area contributed by atoms with Crippen LogP contribution in [0.25, 0.3) is 11.0 Å². The van der Waals surface area contributed by atoms with Gasteiger partial charge in [-0.3, -0.25) is 0 Å². The number of fused-ring (bicyclic) bond motifs is 1. The number of hydrogen-bond donors (Lipinski definition) is 1. The Morgan fingerprint density at radius 1 is 1.10 bits per heavy atom. The van der Waals surface area contributed by atoms with Crippen molar-refractivity contribution >= 4 is 22.7 Å². The molecule has 0 bridgehead atoms. The van der Waals surface area contributed by atoms with Crippen LogP contribution < -0.4 is 10.1 Å². The van der Waals surface area contributed by atoms with Gasteiger partial charge in [0.2, 0.25) is 5.95 Å². The van der Waals surface area contributed by atoms with Crippen molar-refractivity contribution in [3.05, 3.63) is 48.3 Å². The molecule has 3 aromatic rings. The molecule has 4 nitrogen and oxygen atoms in total.